The van der Waals surface area contributed by atoms with E-state index in [4.69, 9.17) is 9.47 Å². The minimum atomic E-state index is -0.893. The van der Waals surface area contributed by atoms with Crippen molar-refractivity contribution in [2.75, 3.05) is 13.2 Å². The Balaban J connectivity index is 2.18. The third kappa shape index (κ3) is 4.40. The molecule has 166 valence electrons. The van der Waals surface area contributed by atoms with Gasteiger partial charge in [-0.2, -0.15) is 0 Å². The van der Waals surface area contributed by atoms with E-state index < -0.39 is 23.8 Å². The van der Waals surface area contributed by atoms with Gasteiger partial charge in [0.1, 0.15) is 5.92 Å². The molecular weight excluding hydrogens is 396 g/mol. The van der Waals surface area contributed by atoms with Crippen molar-refractivity contribution in [3.8, 4) is 0 Å². The van der Waals surface area contributed by atoms with Crippen molar-refractivity contribution in [2.24, 2.45) is 11.8 Å². The number of nitrogens with zero attached hydrogens (tertiary/aromatic N) is 1. The summed E-state index contributed by atoms with van der Waals surface area (Å²) in [5, 5.41) is 3.36. The number of pyridine rings is 1. The van der Waals surface area contributed by atoms with Gasteiger partial charge >= 0.3 is 11.9 Å². The van der Waals surface area contributed by atoms with Crippen molar-refractivity contribution < 1.29 is 23.9 Å². The van der Waals surface area contributed by atoms with Crippen LogP contribution in [0.25, 0.3) is 0 Å². The molecule has 0 saturated carbocycles. The first-order valence-corrected chi connectivity index (χ1v) is 10.9. The van der Waals surface area contributed by atoms with Gasteiger partial charge in [-0.15, -0.1) is 0 Å². The van der Waals surface area contributed by atoms with Gasteiger partial charge in [-0.3, -0.25) is 14.6 Å². The van der Waals surface area contributed by atoms with Crippen molar-refractivity contribution in [3.63, 3.8) is 0 Å². The molecule has 0 bridgehead atoms. The zero-order valence-electron chi connectivity index (χ0n) is 18.6. The first-order valence-electron chi connectivity index (χ1n) is 10.9. The summed E-state index contributed by atoms with van der Waals surface area (Å²) >= 11 is 0. The predicted octanol–water partition coefficient (Wildman–Crippen LogP) is 3.43. The van der Waals surface area contributed by atoms with E-state index in [1.54, 1.807) is 32.3 Å². The van der Waals surface area contributed by atoms with E-state index in [0.717, 1.165) is 23.4 Å². The van der Waals surface area contributed by atoms with E-state index in [1.807, 2.05) is 19.9 Å². The zero-order valence-corrected chi connectivity index (χ0v) is 18.6. The Morgan fingerprint density at radius 2 is 1.94 bits per heavy atom. The Morgan fingerprint density at radius 3 is 2.55 bits per heavy atom. The number of ether oxygens (including phenoxy) is 2. The average molecular weight is 427 g/mol. The number of carbonyl (C=O) groups excluding carboxylic acids is 3. The summed E-state index contributed by atoms with van der Waals surface area (Å²) in [5.41, 5.74) is 3.11. The second-order valence-corrected chi connectivity index (χ2v) is 7.87. The molecular formula is C24H30N2O5. The molecule has 3 rings (SSSR count). The lowest BCUT2D eigenvalue weighted by Gasteiger charge is -2.38. The minimum Gasteiger partial charge on any atom is -0.465 e. The van der Waals surface area contributed by atoms with Gasteiger partial charge in [-0.1, -0.05) is 26.3 Å². The van der Waals surface area contributed by atoms with E-state index in [9.17, 15) is 14.4 Å². The number of hydrogen-bond acceptors (Lipinski definition) is 7. The smallest absolute Gasteiger partial charge is 0.336 e. The summed E-state index contributed by atoms with van der Waals surface area (Å²) < 4.78 is 10.6. The number of nitrogens with one attached hydrogen (secondary N) is 1. The van der Waals surface area contributed by atoms with Crippen LogP contribution in [0.4, 0.5) is 0 Å². The molecule has 3 unspecified atom stereocenters. The number of aromatic nitrogens is 1. The Kier molecular flexibility index (Phi) is 7.25. The lowest BCUT2D eigenvalue weighted by atomic mass is 9.69. The molecule has 0 spiro atoms. The first-order chi connectivity index (χ1) is 14.9. The summed E-state index contributed by atoms with van der Waals surface area (Å²) in [5.74, 6) is -3.01. The van der Waals surface area contributed by atoms with Crippen LogP contribution in [-0.2, 0) is 23.9 Å². The van der Waals surface area contributed by atoms with Gasteiger partial charge in [0.2, 0.25) is 0 Å². The summed E-state index contributed by atoms with van der Waals surface area (Å²) in [4.78, 5) is 43.6. The number of dihydropyridines is 1. The number of rotatable bonds is 7. The molecule has 2 heterocycles. The molecule has 1 aromatic rings. The normalized spacial score (nSPS) is 23.2. The number of esters is 2. The van der Waals surface area contributed by atoms with E-state index in [0.29, 0.717) is 24.0 Å². The molecule has 7 nitrogen and oxygen atoms in total. The molecule has 3 atom stereocenters. The Bertz CT molecular complexity index is 919. The van der Waals surface area contributed by atoms with Crippen LogP contribution in [0.15, 0.2) is 47.1 Å². The first kappa shape index (κ1) is 22.7. The summed E-state index contributed by atoms with van der Waals surface area (Å²) in [6, 6.07) is 3.62. The summed E-state index contributed by atoms with van der Waals surface area (Å²) in [7, 11) is 0. The number of hydrogen-bond donors (Lipinski definition) is 1. The van der Waals surface area contributed by atoms with Crippen molar-refractivity contribution in [1.82, 2.24) is 10.3 Å². The number of Topliss-reactive ketones (excluding diaryl/α,β-unsaturated/α-hetero) is 1. The maximum atomic E-state index is 13.7. The fraction of sp³-hybridized carbons (Fsp3) is 0.500. The van der Waals surface area contributed by atoms with Gasteiger partial charge in [0, 0.05) is 35.3 Å². The van der Waals surface area contributed by atoms with E-state index in [2.05, 4.69) is 10.3 Å². The van der Waals surface area contributed by atoms with Gasteiger partial charge in [-0.25, -0.2) is 4.79 Å². The topological polar surface area (TPSA) is 94.6 Å². The van der Waals surface area contributed by atoms with Crippen LogP contribution in [0, 0.1) is 11.8 Å². The third-order valence-corrected chi connectivity index (χ3v) is 5.73. The second-order valence-electron chi connectivity index (χ2n) is 7.87. The molecule has 1 aliphatic heterocycles. The van der Waals surface area contributed by atoms with Crippen LogP contribution in [-0.4, -0.2) is 35.9 Å². The van der Waals surface area contributed by atoms with Crippen LogP contribution in [0.2, 0.25) is 0 Å². The Labute approximate surface area is 182 Å². The van der Waals surface area contributed by atoms with Crippen LogP contribution in [0.3, 0.4) is 0 Å². The van der Waals surface area contributed by atoms with Crippen LogP contribution in [0.1, 0.15) is 58.4 Å². The van der Waals surface area contributed by atoms with E-state index in [1.165, 1.54) is 0 Å². The van der Waals surface area contributed by atoms with Crippen LogP contribution < -0.4 is 5.32 Å². The molecule has 0 fully saturated rings. The molecule has 1 aromatic heterocycles. The average Bonchev–Trinajstić information content (AvgIpc) is 2.74. The molecule has 31 heavy (non-hydrogen) atoms. The van der Waals surface area contributed by atoms with Gasteiger partial charge in [-0.05, 0) is 44.2 Å². The highest BCUT2D eigenvalue weighted by molar-refractivity contribution is 6.12. The van der Waals surface area contributed by atoms with Crippen molar-refractivity contribution >= 4 is 17.7 Å². The summed E-state index contributed by atoms with van der Waals surface area (Å²) in [6.07, 6.45) is 5.29. The largest absolute Gasteiger partial charge is 0.465 e. The maximum absolute atomic E-state index is 13.7. The Hall–Kier alpha value is -2.96. The van der Waals surface area contributed by atoms with E-state index >= 15 is 0 Å². The highest BCUT2D eigenvalue weighted by atomic mass is 16.5. The lowest BCUT2D eigenvalue weighted by molar-refractivity contribution is -0.153. The standard InChI is InChI=1S/C24H30N2O5/c1-5-9-16-21(24(29)31-7-3)19(15-10-8-11-25-13-15)20-17(26-16)12-14(4)18(22(20)27)23(28)30-6-2/h8,10-11,13-14,18-19,26H,5-7,9,12H2,1-4H3. The van der Waals surface area contributed by atoms with Gasteiger partial charge in [0.05, 0.1) is 18.8 Å². The quantitative estimate of drug-likeness (QED) is 0.527. The lowest BCUT2D eigenvalue weighted by Crippen LogP contribution is -2.43. The van der Waals surface area contributed by atoms with E-state index in [-0.39, 0.29) is 24.9 Å². The highest BCUT2D eigenvalue weighted by Crippen LogP contribution is 2.45. The number of ketones is 1. The fourth-order valence-corrected chi connectivity index (χ4v) is 4.48. The second kappa shape index (κ2) is 9.90. The zero-order chi connectivity index (χ0) is 22.5. The molecule has 7 heteroatoms. The summed E-state index contributed by atoms with van der Waals surface area (Å²) in [6.45, 7) is 7.83. The van der Waals surface area contributed by atoms with Gasteiger partial charge < -0.3 is 14.8 Å². The third-order valence-electron chi connectivity index (χ3n) is 5.73. The number of allylic oxidation sites excluding steroid dienone is 3. The monoisotopic (exact) mass is 426 g/mol. The minimum absolute atomic E-state index is 0.208. The van der Waals surface area contributed by atoms with Crippen LogP contribution >= 0.6 is 0 Å². The van der Waals surface area contributed by atoms with Gasteiger partial charge in [0.15, 0.2) is 5.78 Å². The molecule has 0 radical (unpaired) electrons. The highest BCUT2D eigenvalue weighted by Gasteiger charge is 2.47. The fourth-order valence-electron chi connectivity index (χ4n) is 4.48. The molecule has 2 aliphatic rings. The predicted molar refractivity (Wildman–Crippen MR) is 115 cm³/mol. The van der Waals surface area contributed by atoms with Gasteiger partial charge in [0.25, 0.3) is 0 Å². The Morgan fingerprint density at radius 1 is 1.19 bits per heavy atom. The van der Waals surface area contributed by atoms with Crippen molar-refractivity contribution in [2.45, 2.75) is 52.9 Å². The molecule has 0 saturated heterocycles. The molecule has 0 aromatic carbocycles. The molecule has 0 amide bonds. The SMILES string of the molecule is CCCC1=C(C(=O)OCC)C(c2cccnc2)C2=C(CC(C)C(C(=O)OCC)C2=O)N1. The van der Waals surface area contributed by atoms with Crippen molar-refractivity contribution in [3.05, 3.63) is 52.6 Å². The van der Waals surface area contributed by atoms with Crippen LogP contribution in [0.5, 0.6) is 0 Å². The van der Waals surface area contributed by atoms with Crippen molar-refractivity contribution in [1.29, 1.82) is 0 Å². The number of carbonyl (C=O) groups is 3. The maximum Gasteiger partial charge on any atom is 0.336 e. The molecule has 1 N–H and O–H groups in total. The molecule has 1 aliphatic carbocycles.